The second kappa shape index (κ2) is 9.21. The van der Waals surface area contributed by atoms with Crippen molar-refractivity contribution in [2.24, 2.45) is 0 Å². The monoisotopic (exact) mass is 408 g/mol. The smallest absolute Gasteiger partial charge is 0.359 e. The molecule has 8 heteroatoms. The Balaban J connectivity index is 1.62. The first kappa shape index (κ1) is 21.0. The van der Waals surface area contributed by atoms with Crippen LogP contribution in [0.4, 0.5) is 11.4 Å². The molecule has 0 unspecified atom stereocenters. The number of nitrogens with one attached hydrogen (secondary N) is 2. The molecule has 0 fully saturated rings. The number of nitrogens with zero attached hydrogens (tertiary/aromatic N) is 2. The minimum atomic E-state index is -0.788. The molecule has 0 radical (unpaired) electrons. The van der Waals surface area contributed by atoms with Crippen molar-refractivity contribution in [1.29, 1.82) is 0 Å². The summed E-state index contributed by atoms with van der Waals surface area (Å²) in [5, 5.41) is 9.42. The topological polar surface area (TPSA) is 104 Å². The number of esters is 1. The largest absolute Gasteiger partial charge is 0.451 e. The molecule has 1 aromatic heterocycles. The lowest BCUT2D eigenvalue weighted by Gasteiger charge is -2.27. The van der Waals surface area contributed by atoms with Crippen molar-refractivity contribution in [2.45, 2.75) is 26.8 Å². The van der Waals surface area contributed by atoms with E-state index in [-0.39, 0.29) is 5.69 Å². The van der Waals surface area contributed by atoms with E-state index < -0.39 is 24.0 Å². The average Bonchev–Trinajstić information content (AvgIpc) is 2.74. The molecule has 0 aliphatic rings. The van der Waals surface area contributed by atoms with Gasteiger partial charge in [-0.15, -0.1) is 0 Å². The highest BCUT2D eigenvalue weighted by molar-refractivity contribution is 6.03. The zero-order valence-electron chi connectivity index (χ0n) is 17.1. The van der Waals surface area contributed by atoms with Crippen LogP contribution in [0.25, 0.3) is 10.8 Å². The van der Waals surface area contributed by atoms with Crippen LogP contribution in [0.1, 0.15) is 31.3 Å². The molecule has 2 aromatic carbocycles. The van der Waals surface area contributed by atoms with E-state index in [0.717, 1.165) is 12.2 Å². The van der Waals surface area contributed by atoms with Gasteiger partial charge in [0.05, 0.1) is 5.39 Å². The summed E-state index contributed by atoms with van der Waals surface area (Å²) >= 11 is 0. The van der Waals surface area contributed by atoms with Crippen LogP contribution < -0.4 is 15.8 Å². The van der Waals surface area contributed by atoms with Crippen molar-refractivity contribution in [1.82, 2.24) is 10.2 Å². The summed E-state index contributed by atoms with van der Waals surface area (Å²) in [6.45, 7) is 6.74. The fraction of sp³-hybridized carbons (Fsp3) is 0.273. The Kier molecular flexibility index (Phi) is 6.46. The molecule has 0 aliphatic carbocycles. The Morgan fingerprint density at radius 1 is 1.10 bits per heavy atom. The maximum atomic E-state index is 12.4. The summed E-state index contributed by atoms with van der Waals surface area (Å²) < 4.78 is 5.08. The molecule has 0 bridgehead atoms. The Hall–Kier alpha value is -3.68. The lowest BCUT2D eigenvalue weighted by atomic mass is 10.1. The van der Waals surface area contributed by atoms with Crippen molar-refractivity contribution in [3.63, 3.8) is 0 Å². The van der Waals surface area contributed by atoms with Crippen LogP contribution in [0.3, 0.4) is 0 Å². The van der Waals surface area contributed by atoms with Crippen molar-refractivity contribution in [3.05, 3.63) is 64.6 Å². The van der Waals surface area contributed by atoms with Crippen LogP contribution >= 0.6 is 0 Å². The number of aromatic amines is 1. The van der Waals surface area contributed by atoms with E-state index in [0.29, 0.717) is 22.5 Å². The standard InChI is InChI=1S/C22H24N4O4/c1-4-26(14(2)3)16-11-9-15(10-12-16)23-19(27)13-30-22(29)20-17-7-5-6-8-18(17)21(28)25-24-20/h5-12,14H,4,13H2,1-3H3,(H,23,27)(H,25,28). The van der Waals surface area contributed by atoms with Crippen LogP contribution in [-0.4, -0.2) is 41.3 Å². The number of hydrogen-bond acceptors (Lipinski definition) is 6. The summed E-state index contributed by atoms with van der Waals surface area (Å²) in [7, 11) is 0. The van der Waals surface area contributed by atoms with Gasteiger partial charge in [0.1, 0.15) is 0 Å². The van der Waals surface area contributed by atoms with Crippen LogP contribution in [-0.2, 0) is 9.53 Å². The number of hydrogen-bond donors (Lipinski definition) is 2. The molecule has 1 heterocycles. The van der Waals surface area contributed by atoms with E-state index in [1.165, 1.54) is 0 Å². The lowest BCUT2D eigenvalue weighted by Crippen LogP contribution is -2.30. The third kappa shape index (κ3) is 4.65. The highest BCUT2D eigenvalue weighted by atomic mass is 16.5. The molecule has 0 atom stereocenters. The molecule has 3 rings (SSSR count). The van der Waals surface area contributed by atoms with Crippen molar-refractivity contribution >= 4 is 34.0 Å². The van der Waals surface area contributed by atoms with Crippen molar-refractivity contribution < 1.29 is 14.3 Å². The molecular formula is C22H24N4O4. The molecule has 30 heavy (non-hydrogen) atoms. The van der Waals surface area contributed by atoms with Crippen LogP contribution in [0.2, 0.25) is 0 Å². The number of rotatable bonds is 7. The number of amides is 1. The Morgan fingerprint density at radius 2 is 1.77 bits per heavy atom. The van der Waals surface area contributed by atoms with Gasteiger partial charge in [0.15, 0.2) is 12.3 Å². The SMILES string of the molecule is CCN(c1ccc(NC(=O)COC(=O)c2n[nH]c(=O)c3ccccc23)cc1)C(C)C. The highest BCUT2D eigenvalue weighted by Gasteiger charge is 2.17. The van der Waals surface area contributed by atoms with Crippen molar-refractivity contribution in [3.8, 4) is 0 Å². The second-order valence-corrected chi connectivity index (χ2v) is 7.00. The number of aromatic nitrogens is 2. The molecule has 2 N–H and O–H groups in total. The minimum absolute atomic E-state index is 0.0457. The van der Waals surface area contributed by atoms with E-state index in [2.05, 4.69) is 41.2 Å². The molecular weight excluding hydrogens is 384 g/mol. The maximum Gasteiger partial charge on any atom is 0.359 e. The van der Waals surface area contributed by atoms with Gasteiger partial charge in [-0.25, -0.2) is 9.89 Å². The molecule has 8 nitrogen and oxygen atoms in total. The Labute approximate surface area is 173 Å². The first-order valence-corrected chi connectivity index (χ1v) is 9.71. The third-order valence-corrected chi connectivity index (χ3v) is 4.67. The van der Waals surface area contributed by atoms with Gasteiger partial charge in [-0.2, -0.15) is 5.10 Å². The van der Waals surface area contributed by atoms with Gasteiger partial charge in [0, 0.05) is 29.3 Å². The van der Waals surface area contributed by atoms with E-state index >= 15 is 0 Å². The van der Waals surface area contributed by atoms with Gasteiger partial charge < -0.3 is 15.0 Å². The number of fused-ring (bicyclic) bond motifs is 1. The number of carbonyl (C=O) groups excluding carboxylic acids is 2. The Bertz CT molecular complexity index is 1110. The molecule has 0 saturated carbocycles. The summed E-state index contributed by atoms with van der Waals surface area (Å²) in [5.41, 5.74) is 1.22. The van der Waals surface area contributed by atoms with E-state index in [1.54, 1.807) is 36.4 Å². The number of anilines is 2. The minimum Gasteiger partial charge on any atom is -0.451 e. The van der Waals surface area contributed by atoms with Gasteiger partial charge in [-0.1, -0.05) is 18.2 Å². The Morgan fingerprint density at radius 3 is 2.40 bits per heavy atom. The zero-order valence-corrected chi connectivity index (χ0v) is 17.1. The number of ether oxygens (including phenoxy) is 1. The maximum absolute atomic E-state index is 12.4. The van der Waals surface area contributed by atoms with Crippen LogP contribution in [0, 0.1) is 0 Å². The van der Waals surface area contributed by atoms with Crippen molar-refractivity contribution in [2.75, 3.05) is 23.4 Å². The highest BCUT2D eigenvalue weighted by Crippen LogP contribution is 2.20. The van der Waals surface area contributed by atoms with Gasteiger partial charge in [-0.05, 0) is 51.1 Å². The quantitative estimate of drug-likeness (QED) is 0.583. The fourth-order valence-corrected chi connectivity index (χ4v) is 3.25. The van der Waals surface area contributed by atoms with Gasteiger partial charge >= 0.3 is 5.97 Å². The predicted octanol–water partition coefficient (Wildman–Crippen LogP) is 2.95. The second-order valence-electron chi connectivity index (χ2n) is 7.00. The number of benzene rings is 2. The zero-order chi connectivity index (χ0) is 21.7. The molecule has 3 aromatic rings. The first-order valence-electron chi connectivity index (χ1n) is 9.71. The lowest BCUT2D eigenvalue weighted by molar-refractivity contribution is -0.119. The summed E-state index contributed by atoms with van der Waals surface area (Å²) in [4.78, 5) is 38.6. The predicted molar refractivity (Wildman–Crippen MR) is 116 cm³/mol. The number of H-pyrrole nitrogens is 1. The van der Waals surface area contributed by atoms with Gasteiger partial charge in [0.2, 0.25) is 0 Å². The molecule has 0 aliphatic heterocycles. The van der Waals surface area contributed by atoms with E-state index in [4.69, 9.17) is 4.74 Å². The summed E-state index contributed by atoms with van der Waals surface area (Å²) in [6.07, 6.45) is 0. The number of carbonyl (C=O) groups is 2. The molecule has 0 spiro atoms. The van der Waals surface area contributed by atoms with E-state index in [9.17, 15) is 14.4 Å². The van der Waals surface area contributed by atoms with E-state index in [1.807, 2.05) is 12.1 Å². The average molecular weight is 408 g/mol. The van der Waals surface area contributed by atoms with Crippen LogP contribution in [0.5, 0.6) is 0 Å². The van der Waals surface area contributed by atoms with Crippen LogP contribution in [0.15, 0.2) is 53.3 Å². The van der Waals surface area contributed by atoms with Gasteiger partial charge in [-0.3, -0.25) is 9.59 Å². The normalized spacial score (nSPS) is 10.8. The third-order valence-electron chi connectivity index (χ3n) is 4.67. The molecule has 156 valence electrons. The first-order chi connectivity index (χ1) is 14.4. The molecule has 0 saturated heterocycles. The molecule has 1 amide bonds. The van der Waals surface area contributed by atoms with Gasteiger partial charge in [0.25, 0.3) is 11.5 Å². The fourth-order valence-electron chi connectivity index (χ4n) is 3.25. The summed E-state index contributed by atoms with van der Waals surface area (Å²) in [5.74, 6) is -1.26. The summed E-state index contributed by atoms with van der Waals surface area (Å²) in [6, 6.07) is 14.4.